The van der Waals surface area contributed by atoms with E-state index in [9.17, 15) is 17.2 Å². The molecule has 30 heavy (non-hydrogen) atoms. The first kappa shape index (κ1) is 21.6. The summed E-state index contributed by atoms with van der Waals surface area (Å²) < 4.78 is 57.5. The number of sulfonamides is 1. The molecule has 4 rings (SSSR count). The summed E-state index contributed by atoms with van der Waals surface area (Å²) in [5.74, 6) is 0.324. The first-order valence-corrected chi connectivity index (χ1v) is 12.0. The van der Waals surface area contributed by atoms with Gasteiger partial charge in [0.25, 0.3) is 0 Å². The van der Waals surface area contributed by atoms with Gasteiger partial charge in [-0.25, -0.2) is 22.2 Å². The van der Waals surface area contributed by atoms with Crippen LogP contribution in [0.25, 0.3) is 11.0 Å². The van der Waals surface area contributed by atoms with Crippen LogP contribution in [0.3, 0.4) is 0 Å². The molecular weight excluding hydrogens is 410 g/mol. The van der Waals surface area contributed by atoms with Crippen molar-refractivity contribution in [3.63, 3.8) is 0 Å². The van der Waals surface area contributed by atoms with Gasteiger partial charge in [-0.15, -0.1) is 0 Å². The molecule has 2 N–H and O–H groups in total. The van der Waals surface area contributed by atoms with E-state index in [4.69, 9.17) is 10.7 Å². The molecule has 1 aliphatic heterocycles. The lowest BCUT2D eigenvalue weighted by Crippen LogP contribution is -2.57. The fourth-order valence-corrected chi connectivity index (χ4v) is 6.03. The topological polar surface area (TPSA) is 81.2 Å². The molecule has 1 aliphatic carbocycles. The molecule has 166 valence electrons. The standard InChI is InChI=1S/C21H30F2N4O2S/c1-21(2,3)20-25-17-9-15(30(28,29)26-11-14(24)12-26)7-8-18(17)27(20)10-13-5-4-6-16(22)19(13)23/h7-9,13-14,16,19H,4-6,10-12,24H2,1-3H3. The molecule has 9 heteroatoms. The summed E-state index contributed by atoms with van der Waals surface area (Å²) in [5, 5.41) is 0. The number of aromatic nitrogens is 2. The van der Waals surface area contributed by atoms with Gasteiger partial charge in [0.15, 0.2) is 0 Å². The lowest BCUT2D eigenvalue weighted by atomic mass is 9.85. The number of imidazole rings is 1. The van der Waals surface area contributed by atoms with Gasteiger partial charge in [0.05, 0.1) is 15.9 Å². The van der Waals surface area contributed by atoms with Crippen LogP contribution in [0.15, 0.2) is 23.1 Å². The Balaban J connectivity index is 1.74. The van der Waals surface area contributed by atoms with Crippen LogP contribution in [0, 0.1) is 5.92 Å². The first-order chi connectivity index (χ1) is 14.0. The van der Waals surface area contributed by atoms with E-state index in [1.165, 1.54) is 4.31 Å². The molecule has 3 atom stereocenters. The zero-order chi connectivity index (χ0) is 21.8. The van der Waals surface area contributed by atoms with E-state index in [-0.39, 0.29) is 22.8 Å². The number of nitrogens with two attached hydrogens (primary N) is 1. The smallest absolute Gasteiger partial charge is 0.243 e. The average molecular weight is 441 g/mol. The normalized spacial score (nSPS) is 26.8. The predicted octanol–water partition coefficient (Wildman–Crippen LogP) is 3.14. The zero-order valence-electron chi connectivity index (χ0n) is 17.7. The maximum Gasteiger partial charge on any atom is 0.243 e. The molecule has 1 saturated heterocycles. The van der Waals surface area contributed by atoms with Crippen LogP contribution in [0.4, 0.5) is 8.78 Å². The van der Waals surface area contributed by atoms with Crippen molar-refractivity contribution in [3.8, 4) is 0 Å². The first-order valence-electron chi connectivity index (χ1n) is 10.5. The Labute approximate surface area is 176 Å². The van der Waals surface area contributed by atoms with Crippen molar-refractivity contribution in [2.75, 3.05) is 13.1 Å². The number of hydrogen-bond donors (Lipinski definition) is 1. The van der Waals surface area contributed by atoms with Crippen LogP contribution >= 0.6 is 0 Å². The van der Waals surface area contributed by atoms with Crippen molar-refractivity contribution < 1.29 is 17.2 Å². The Morgan fingerprint density at radius 3 is 2.53 bits per heavy atom. The molecule has 0 amide bonds. The summed E-state index contributed by atoms with van der Waals surface area (Å²) >= 11 is 0. The summed E-state index contributed by atoms with van der Waals surface area (Å²) in [4.78, 5) is 4.90. The molecule has 2 heterocycles. The fourth-order valence-electron chi connectivity index (χ4n) is 4.46. The van der Waals surface area contributed by atoms with Gasteiger partial charge in [0.1, 0.15) is 18.2 Å². The van der Waals surface area contributed by atoms with Crippen LogP contribution in [-0.2, 0) is 22.0 Å². The second-order valence-corrected chi connectivity index (χ2v) is 11.6. The van der Waals surface area contributed by atoms with E-state index in [2.05, 4.69) is 0 Å². The van der Waals surface area contributed by atoms with Gasteiger partial charge in [-0.2, -0.15) is 4.31 Å². The van der Waals surface area contributed by atoms with Crippen molar-refractivity contribution in [1.29, 1.82) is 0 Å². The van der Waals surface area contributed by atoms with Gasteiger partial charge in [0, 0.05) is 37.0 Å². The lowest BCUT2D eigenvalue weighted by molar-refractivity contribution is 0.0582. The van der Waals surface area contributed by atoms with Crippen molar-refractivity contribution in [3.05, 3.63) is 24.0 Å². The van der Waals surface area contributed by atoms with Crippen LogP contribution < -0.4 is 5.73 Å². The highest BCUT2D eigenvalue weighted by atomic mass is 32.2. The Morgan fingerprint density at radius 2 is 1.90 bits per heavy atom. The number of rotatable bonds is 4. The maximum atomic E-state index is 14.5. The second kappa shape index (κ2) is 7.53. The van der Waals surface area contributed by atoms with E-state index in [1.54, 1.807) is 18.2 Å². The number of nitrogens with zero attached hydrogens (tertiary/aromatic N) is 3. The fraction of sp³-hybridized carbons (Fsp3) is 0.667. The van der Waals surface area contributed by atoms with Crippen LogP contribution in [0.5, 0.6) is 0 Å². The Bertz CT molecular complexity index is 1040. The van der Waals surface area contributed by atoms with Crippen molar-refractivity contribution >= 4 is 21.1 Å². The summed E-state index contributed by atoms with van der Waals surface area (Å²) in [6.45, 7) is 6.98. The van der Waals surface area contributed by atoms with Gasteiger partial charge < -0.3 is 10.3 Å². The lowest BCUT2D eigenvalue weighted by Gasteiger charge is -2.35. The number of halogens is 2. The summed E-state index contributed by atoms with van der Waals surface area (Å²) in [7, 11) is -3.61. The number of fused-ring (bicyclic) bond motifs is 1. The molecule has 6 nitrogen and oxygen atoms in total. The third-order valence-corrected chi connectivity index (χ3v) is 8.00. The minimum absolute atomic E-state index is 0.126. The number of hydrogen-bond acceptors (Lipinski definition) is 4. The number of alkyl halides is 2. The van der Waals surface area contributed by atoms with Crippen molar-refractivity contribution in [2.24, 2.45) is 11.7 Å². The highest BCUT2D eigenvalue weighted by molar-refractivity contribution is 7.89. The molecule has 0 bridgehead atoms. The minimum Gasteiger partial charge on any atom is -0.327 e. The van der Waals surface area contributed by atoms with Crippen LogP contribution in [0.2, 0.25) is 0 Å². The Kier molecular flexibility index (Phi) is 5.43. The molecule has 1 saturated carbocycles. The van der Waals surface area contributed by atoms with Crippen molar-refractivity contribution in [1.82, 2.24) is 13.9 Å². The monoisotopic (exact) mass is 440 g/mol. The van der Waals surface area contributed by atoms with Gasteiger partial charge >= 0.3 is 0 Å². The quantitative estimate of drug-likeness (QED) is 0.792. The molecule has 3 unspecified atom stereocenters. The molecule has 1 aromatic heterocycles. The summed E-state index contributed by atoms with van der Waals surface area (Å²) in [6.07, 6.45) is -1.33. The SMILES string of the molecule is CC(C)(C)c1nc2cc(S(=O)(=O)N3CC(N)C3)ccc2n1CC1CCCC(F)C1F. The highest BCUT2D eigenvalue weighted by Gasteiger charge is 2.37. The van der Waals surface area contributed by atoms with E-state index < -0.39 is 28.3 Å². The third kappa shape index (κ3) is 3.76. The van der Waals surface area contributed by atoms with Gasteiger partial charge in [-0.3, -0.25) is 0 Å². The van der Waals surface area contributed by atoms with Crippen molar-refractivity contribution in [2.45, 2.75) is 75.3 Å². The average Bonchev–Trinajstić information content (AvgIpc) is 3.01. The highest BCUT2D eigenvalue weighted by Crippen LogP contribution is 2.35. The van der Waals surface area contributed by atoms with Gasteiger partial charge in [-0.1, -0.05) is 20.8 Å². The number of benzene rings is 1. The molecule has 1 aromatic carbocycles. The zero-order valence-corrected chi connectivity index (χ0v) is 18.5. The van der Waals surface area contributed by atoms with Gasteiger partial charge in [0.2, 0.25) is 10.0 Å². The van der Waals surface area contributed by atoms with E-state index >= 15 is 0 Å². The van der Waals surface area contributed by atoms with E-state index in [0.717, 1.165) is 11.3 Å². The maximum absolute atomic E-state index is 14.5. The molecule has 2 fully saturated rings. The van der Waals surface area contributed by atoms with Gasteiger partial charge in [-0.05, 0) is 37.5 Å². The summed E-state index contributed by atoms with van der Waals surface area (Å²) in [5.41, 5.74) is 6.69. The Hall–Kier alpha value is -1.58. The molecule has 0 spiro atoms. The summed E-state index contributed by atoms with van der Waals surface area (Å²) in [6, 6.07) is 4.75. The molecule has 0 radical (unpaired) electrons. The molecule has 2 aromatic rings. The molecule has 2 aliphatic rings. The Morgan fingerprint density at radius 1 is 1.20 bits per heavy atom. The van der Waals surface area contributed by atoms with E-state index in [1.807, 2.05) is 25.3 Å². The second-order valence-electron chi connectivity index (χ2n) is 9.68. The largest absolute Gasteiger partial charge is 0.327 e. The third-order valence-electron chi connectivity index (χ3n) is 6.17. The van der Waals surface area contributed by atoms with E-state index in [0.29, 0.717) is 38.0 Å². The van der Waals surface area contributed by atoms with Crippen LogP contribution in [-0.4, -0.2) is 53.7 Å². The predicted molar refractivity (Wildman–Crippen MR) is 112 cm³/mol. The minimum atomic E-state index is -3.61. The van der Waals surface area contributed by atoms with Crippen LogP contribution in [0.1, 0.15) is 45.9 Å². The molecular formula is C21H30F2N4O2S.